The first-order chi connectivity index (χ1) is 19.9. The Morgan fingerprint density at radius 3 is 2.12 bits per heavy atom. The molecule has 4 N–H and O–H groups in total. The molecule has 3 aliphatic heterocycles. The van der Waals surface area contributed by atoms with Gasteiger partial charge < -0.3 is 34.4 Å². The molecule has 2 unspecified atom stereocenters. The predicted molar refractivity (Wildman–Crippen MR) is 160 cm³/mol. The quantitative estimate of drug-likeness (QED) is 0.183. The van der Waals surface area contributed by atoms with E-state index in [-0.39, 0.29) is 42.0 Å². The molecule has 0 aromatic rings. The largest absolute Gasteiger partial charge is 0.392 e. The maximum Gasteiger partial charge on any atom is 0.344 e. The van der Waals surface area contributed by atoms with Gasteiger partial charge in [-0.05, 0) is 63.7 Å². The Hall–Kier alpha value is -1.14. The SMILES string of the molecule is CC[C@@H](C(=O)[C@@H](C)[C@@H](O)C(C)[C@H]1O[C@@H](CC(=O)OO)[C@H](C)C[C@@H]1C)C1O[C@](C)([C@]2(O)O[C@](CC)([C@H](C)O)C[C@H]2C)C[C@@H]1C. The summed E-state index contributed by atoms with van der Waals surface area (Å²) in [4.78, 5) is 29.6. The van der Waals surface area contributed by atoms with Gasteiger partial charge in [-0.25, -0.2) is 4.79 Å². The van der Waals surface area contributed by atoms with Gasteiger partial charge in [0.2, 0.25) is 0 Å². The number of ether oxygens (including phenoxy) is 3. The van der Waals surface area contributed by atoms with Gasteiger partial charge in [-0.3, -0.25) is 4.79 Å². The lowest BCUT2D eigenvalue weighted by Gasteiger charge is -2.44. The first-order valence-corrected chi connectivity index (χ1v) is 16.4. The highest BCUT2D eigenvalue weighted by atomic mass is 17.1. The van der Waals surface area contributed by atoms with E-state index in [4.69, 9.17) is 19.5 Å². The smallest absolute Gasteiger partial charge is 0.344 e. The van der Waals surface area contributed by atoms with E-state index in [1.807, 2.05) is 55.4 Å². The Morgan fingerprint density at radius 1 is 0.977 bits per heavy atom. The van der Waals surface area contributed by atoms with E-state index in [9.17, 15) is 24.9 Å². The summed E-state index contributed by atoms with van der Waals surface area (Å²) in [6.45, 7) is 19.0. The molecule has 0 aliphatic carbocycles. The van der Waals surface area contributed by atoms with Gasteiger partial charge in [-0.15, -0.1) is 0 Å². The van der Waals surface area contributed by atoms with Crippen LogP contribution in [0.1, 0.15) is 108 Å². The minimum atomic E-state index is -1.63. The molecule has 0 amide bonds. The van der Waals surface area contributed by atoms with Crippen LogP contribution in [0.2, 0.25) is 0 Å². The third-order valence-corrected chi connectivity index (χ3v) is 11.4. The molecule has 3 aliphatic rings. The van der Waals surface area contributed by atoms with Crippen molar-refractivity contribution in [1.29, 1.82) is 0 Å². The summed E-state index contributed by atoms with van der Waals surface area (Å²) in [7, 11) is 0. The lowest BCUT2D eigenvalue weighted by molar-refractivity contribution is -0.331. The van der Waals surface area contributed by atoms with Gasteiger partial charge in [0.1, 0.15) is 11.4 Å². The first kappa shape index (κ1) is 36.3. The number of carbonyl (C=O) groups excluding carboxylic acids is 2. The van der Waals surface area contributed by atoms with E-state index < -0.39 is 65.1 Å². The lowest BCUT2D eigenvalue weighted by atomic mass is 9.74. The van der Waals surface area contributed by atoms with E-state index >= 15 is 0 Å². The third kappa shape index (κ3) is 6.71. The van der Waals surface area contributed by atoms with Gasteiger partial charge in [-0.2, -0.15) is 5.26 Å². The summed E-state index contributed by atoms with van der Waals surface area (Å²) in [6.07, 6.45) is -0.350. The number of rotatable bonds is 12. The highest BCUT2D eigenvalue weighted by Gasteiger charge is 2.66. The van der Waals surface area contributed by atoms with E-state index in [0.29, 0.717) is 25.7 Å². The van der Waals surface area contributed by atoms with Crippen LogP contribution in [0.25, 0.3) is 0 Å². The summed E-state index contributed by atoms with van der Waals surface area (Å²) < 4.78 is 19.3. The van der Waals surface area contributed by atoms with Crippen molar-refractivity contribution < 1.29 is 49.3 Å². The van der Waals surface area contributed by atoms with Crippen molar-refractivity contribution in [2.75, 3.05) is 0 Å². The molecule has 3 heterocycles. The number of Topliss-reactive ketones (excluding diaryl/α,β-unsaturated/α-hetero) is 1. The first-order valence-electron chi connectivity index (χ1n) is 16.4. The Morgan fingerprint density at radius 2 is 1.60 bits per heavy atom. The molecule has 0 bridgehead atoms. The lowest BCUT2D eigenvalue weighted by Crippen LogP contribution is -2.57. The molecular weight excluding hydrogens is 556 g/mol. The molecule has 3 rings (SSSR count). The number of carbonyl (C=O) groups is 2. The summed E-state index contributed by atoms with van der Waals surface area (Å²) in [5, 5.41) is 42.7. The van der Waals surface area contributed by atoms with Gasteiger partial charge in [0, 0.05) is 23.7 Å². The van der Waals surface area contributed by atoms with Crippen LogP contribution in [0.3, 0.4) is 0 Å². The fourth-order valence-electron chi connectivity index (χ4n) is 8.60. The Kier molecular flexibility index (Phi) is 11.6. The van der Waals surface area contributed by atoms with Crippen molar-refractivity contribution in [3.05, 3.63) is 0 Å². The predicted octanol–water partition coefficient (Wildman–Crippen LogP) is 4.51. The molecule has 0 spiro atoms. The van der Waals surface area contributed by atoms with Gasteiger partial charge in [0.15, 0.2) is 5.79 Å². The van der Waals surface area contributed by atoms with E-state index in [2.05, 4.69) is 4.89 Å². The van der Waals surface area contributed by atoms with Crippen LogP contribution in [0.4, 0.5) is 0 Å². The zero-order valence-electron chi connectivity index (χ0n) is 27.9. The van der Waals surface area contributed by atoms with Crippen molar-refractivity contribution in [2.24, 2.45) is 41.4 Å². The van der Waals surface area contributed by atoms with Crippen LogP contribution < -0.4 is 0 Å². The number of ketones is 1. The summed E-state index contributed by atoms with van der Waals surface area (Å²) in [5.74, 6) is -4.28. The minimum Gasteiger partial charge on any atom is -0.392 e. The molecule has 10 nitrogen and oxygen atoms in total. The molecule has 15 atom stereocenters. The van der Waals surface area contributed by atoms with Crippen LogP contribution in [0.5, 0.6) is 0 Å². The zero-order chi connectivity index (χ0) is 32.7. The van der Waals surface area contributed by atoms with Gasteiger partial charge >= 0.3 is 5.97 Å². The van der Waals surface area contributed by atoms with Gasteiger partial charge in [0.05, 0.1) is 42.5 Å². The fourth-order valence-corrected chi connectivity index (χ4v) is 8.60. The van der Waals surface area contributed by atoms with E-state index in [1.54, 1.807) is 13.8 Å². The molecular formula is C33H58O10. The standard InChI is InChI=1S/C33H58O10/c1-11-24(30-19(5)15-31(10,41-30)33(38)20(6)16-32(12-2,43-33)23(9)34)28(37)21(7)27(36)22(8)29-18(4)13-17(3)25(40-29)14-26(35)42-39/h17-25,27,29-30,34,36,38-39H,11-16H2,1-10H3/t17-,18+,19+,20-,21+,22?,23+,24+,25+,27-,29+,30?,31+,32+,33-/m1/s1. The molecule has 0 radical (unpaired) electrons. The van der Waals surface area contributed by atoms with Crippen molar-refractivity contribution in [3.63, 3.8) is 0 Å². The van der Waals surface area contributed by atoms with Crippen molar-refractivity contribution >= 4 is 11.8 Å². The Labute approximate surface area is 257 Å². The number of aliphatic hydroxyl groups excluding tert-OH is 2. The number of hydrogen-bond donors (Lipinski definition) is 4. The summed E-state index contributed by atoms with van der Waals surface area (Å²) >= 11 is 0. The second-order valence-electron chi connectivity index (χ2n) is 14.5. The molecule has 10 heteroatoms. The molecule has 250 valence electrons. The van der Waals surface area contributed by atoms with Crippen molar-refractivity contribution in [3.8, 4) is 0 Å². The maximum absolute atomic E-state index is 14.0. The molecule has 0 saturated carbocycles. The van der Waals surface area contributed by atoms with Crippen LogP contribution in [-0.2, 0) is 28.7 Å². The Balaban J connectivity index is 1.76. The molecule has 0 aromatic heterocycles. The molecule has 0 aromatic carbocycles. The average Bonchev–Trinajstić information content (AvgIpc) is 3.43. The van der Waals surface area contributed by atoms with Crippen LogP contribution in [0, 0.1) is 41.4 Å². The normalized spacial score (nSPS) is 43.5. The highest BCUT2D eigenvalue weighted by molar-refractivity contribution is 5.84. The highest BCUT2D eigenvalue weighted by Crippen LogP contribution is 2.55. The fraction of sp³-hybridized carbons (Fsp3) is 0.939. The zero-order valence-corrected chi connectivity index (χ0v) is 27.9. The molecule has 3 fully saturated rings. The number of hydrogen-bond acceptors (Lipinski definition) is 10. The van der Waals surface area contributed by atoms with E-state index in [1.165, 1.54) is 0 Å². The van der Waals surface area contributed by atoms with E-state index in [0.717, 1.165) is 6.42 Å². The van der Waals surface area contributed by atoms with Gasteiger partial charge in [-0.1, -0.05) is 55.4 Å². The second-order valence-corrected chi connectivity index (χ2v) is 14.5. The average molecular weight is 615 g/mol. The van der Waals surface area contributed by atoms with Crippen molar-refractivity contribution in [1.82, 2.24) is 0 Å². The number of aliphatic hydroxyl groups is 3. The second kappa shape index (κ2) is 13.7. The van der Waals surface area contributed by atoms with Crippen molar-refractivity contribution in [2.45, 2.75) is 155 Å². The van der Waals surface area contributed by atoms with Crippen LogP contribution in [0.15, 0.2) is 0 Å². The maximum atomic E-state index is 14.0. The van der Waals surface area contributed by atoms with Gasteiger partial charge in [0.25, 0.3) is 0 Å². The third-order valence-electron chi connectivity index (χ3n) is 11.4. The van der Waals surface area contributed by atoms with Crippen LogP contribution in [-0.4, -0.2) is 79.8 Å². The monoisotopic (exact) mass is 614 g/mol. The molecule has 43 heavy (non-hydrogen) atoms. The van der Waals surface area contributed by atoms with Crippen LogP contribution >= 0.6 is 0 Å². The summed E-state index contributed by atoms with van der Waals surface area (Å²) in [5.41, 5.74) is -1.96. The summed E-state index contributed by atoms with van der Waals surface area (Å²) in [6, 6.07) is 0. The Bertz CT molecular complexity index is 973. The topological polar surface area (TPSA) is 152 Å². The molecule has 3 saturated heterocycles. The minimum absolute atomic E-state index is 0.0566.